The third-order valence-electron chi connectivity index (χ3n) is 2.64. The van der Waals surface area contributed by atoms with Crippen LogP contribution in [0.4, 0.5) is 0 Å². The first-order chi connectivity index (χ1) is 8.41. The molecule has 0 atom stereocenters. The van der Waals surface area contributed by atoms with Crippen molar-refractivity contribution in [2.75, 3.05) is 0 Å². The van der Waals surface area contributed by atoms with Gasteiger partial charge in [-0.15, -0.1) is 0 Å². The van der Waals surface area contributed by atoms with E-state index in [2.05, 4.69) is 5.10 Å². The van der Waals surface area contributed by atoms with E-state index in [0.717, 1.165) is 0 Å². The van der Waals surface area contributed by atoms with Crippen LogP contribution in [0, 0.1) is 6.92 Å². The summed E-state index contributed by atoms with van der Waals surface area (Å²) < 4.78 is 1.26. The molecule has 0 fully saturated rings. The second kappa shape index (κ2) is 4.63. The van der Waals surface area contributed by atoms with Crippen LogP contribution in [0.25, 0.3) is 0 Å². The maximum Gasteiger partial charge on any atom is 0.277 e. The Labute approximate surface area is 113 Å². The van der Waals surface area contributed by atoms with Gasteiger partial charge in [-0.2, -0.15) is 0 Å². The Balaban J connectivity index is 2.55. The van der Waals surface area contributed by atoms with Gasteiger partial charge in [-0.05, 0) is 25.1 Å². The standard InChI is InChI=1S/C12H10Cl2N2O2/c1-6-10(12(18)16(2)15-6)11(17)7-3-4-8(13)9(14)5-7/h3-5,15H,1-2H3. The van der Waals surface area contributed by atoms with E-state index in [1.165, 1.54) is 16.8 Å². The number of aromatic amines is 1. The van der Waals surface area contributed by atoms with Crippen molar-refractivity contribution in [2.24, 2.45) is 7.05 Å². The molecule has 0 saturated heterocycles. The average Bonchev–Trinajstić information content (AvgIpc) is 2.56. The van der Waals surface area contributed by atoms with E-state index in [0.29, 0.717) is 16.3 Å². The van der Waals surface area contributed by atoms with E-state index >= 15 is 0 Å². The van der Waals surface area contributed by atoms with Crippen molar-refractivity contribution in [3.05, 3.63) is 55.4 Å². The number of carbonyl (C=O) groups is 1. The molecule has 0 amide bonds. The molecule has 2 aromatic rings. The Bertz CT molecular complexity index is 686. The van der Waals surface area contributed by atoms with Crippen molar-refractivity contribution in [3.63, 3.8) is 0 Å². The number of rotatable bonds is 2. The van der Waals surface area contributed by atoms with E-state index in [1.54, 1.807) is 20.0 Å². The lowest BCUT2D eigenvalue weighted by Crippen LogP contribution is -2.19. The number of hydrogen-bond donors (Lipinski definition) is 1. The number of aromatic nitrogens is 2. The maximum atomic E-state index is 12.2. The number of nitrogens with one attached hydrogen (secondary N) is 1. The van der Waals surface area contributed by atoms with Gasteiger partial charge in [-0.3, -0.25) is 19.4 Å². The van der Waals surface area contributed by atoms with Crippen molar-refractivity contribution in [2.45, 2.75) is 6.92 Å². The first-order valence-corrected chi connectivity index (χ1v) is 5.92. The van der Waals surface area contributed by atoms with Gasteiger partial charge in [0.15, 0.2) is 0 Å². The number of carbonyl (C=O) groups excluding carboxylic acids is 1. The largest absolute Gasteiger partial charge is 0.299 e. The lowest BCUT2D eigenvalue weighted by Gasteiger charge is -2.01. The summed E-state index contributed by atoms with van der Waals surface area (Å²) in [4.78, 5) is 24.0. The Morgan fingerprint density at radius 3 is 2.44 bits per heavy atom. The Kier molecular flexibility index (Phi) is 3.32. The minimum absolute atomic E-state index is 0.121. The molecule has 1 N–H and O–H groups in total. The van der Waals surface area contributed by atoms with Crippen LogP contribution >= 0.6 is 23.2 Å². The van der Waals surface area contributed by atoms with E-state index in [-0.39, 0.29) is 21.9 Å². The summed E-state index contributed by atoms with van der Waals surface area (Å²) in [7, 11) is 1.56. The first-order valence-electron chi connectivity index (χ1n) is 5.17. The molecule has 18 heavy (non-hydrogen) atoms. The molecule has 0 spiro atoms. The quantitative estimate of drug-likeness (QED) is 0.862. The highest BCUT2D eigenvalue weighted by Crippen LogP contribution is 2.23. The molecule has 0 aliphatic carbocycles. The molecule has 2 rings (SSSR count). The molecule has 6 heteroatoms. The molecule has 1 aromatic heterocycles. The molecular formula is C12H10Cl2N2O2. The van der Waals surface area contributed by atoms with Gasteiger partial charge in [0.05, 0.1) is 10.0 Å². The molecule has 94 valence electrons. The number of nitrogens with zero attached hydrogens (tertiary/aromatic N) is 1. The van der Waals surface area contributed by atoms with Gasteiger partial charge in [-0.1, -0.05) is 23.2 Å². The minimum Gasteiger partial charge on any atom is -0.299 e. The van der Waals surface area contributed by atoms with Crippen molar-refractivity contribution >= 4 is 29.0 Å². The van der Waals surface area contributed by atoms with Gasteiger partial charge in [0.25, 0.3) is 5.56 Å². The summed E-state index contributed by atoms with van der Waals surface area (Å²) in [5.41, 5.74) is 0.627. The van der Waals surface area contributed by atoms with Crippen LogP contribution in [-0.4, -0.2) is 15.6 Å². The predicted octanol–water partition coefficient (Wildman–Crippen LogP) is 2.56. The van der Waals surface area contributed by atoms with E-state index < -0.39 is 0 Å². The lowest BCUT2D eigenvalue weighted by molar-refractivity contribution is 0.103. The Morgan fingerprint density at radius 2 is 1.94 bits per heavy atom. The number of H-pyrrole nitrogens is 1. The van der Waals surface area contributed by atoms with Crippen molar-refractivity contribution in [1.82, 2.24) is 9.78 Å². The number of ketones is 1. The fourth-order valence-corrected chi connectivity index (χ4v) is 2.03. The zero-order chi connectivity index (χ0) is 13.4. The van der Waals surface area contributed by atoms with Gasteiger partial charge >= 0.3 is 0 Å². The van der Waals surface area contributed by atoms with Gasteiger partial charge in [0.1, 0.15) is 5.56 Å². The number of hydrogen-bond acceptors (Lipinski definition) is 2. The number of halogens is 2. The highest BCUT2D eigenvalue weighted by atomic mass is 35.5. The molecule has 0 saturated carbocycles. The van der Waals surface area contributed by atoms with E-state index in [9.17, 15) is 9.59 Å². The average molecular weight is 285 g/mol. The van der Waals surface area contributed by atoms with Crippen LogP contribution in [-0.2, 0) is 7.05 Å². The molecule has 1 heterocycles. The highest BCUT2D eigenvalue weighted by Gasteiger charge is 2.19. The van der Waals surface area contributed by atoms with Crippen LogP contribution in [0.15, 0.2) is 23.0 Å². The fourth-order valence-electron chi connectivity index (χ4n) is 1.74. The molecule has 1 aromatic carbocycles. The molecule has 0 bridgehead atoms. The summed E-state index contributed by atoms with van der Waals surface area (Å²) >= 11 is 11.6. The second-order valence-corrected chi connectivity index (χ2v) is 4.75. The van der Waals surface area contributed by atoms with Crippen molar-refractivity contribution < 1.29 is 4.79 Å². The molecule has 0 aliphatic heterocycles. The van der Waals surface area contributed by atoms with Crippen LogP contribution < -0.4 is 5.56 Å². The number of aryl methyl sites for hydroxylation is 2. The van der Waals surface area contributed by atoms with Gasteiger partial charge < -0.3 is 0 Å². The second-order valence-electron chi connectivity index (χ2n) is 3.93. The maximum absolute atomic E-state index is 12.2. The molecule has 0 aliphatic rings. The van der Waals surface area contributed by atoms with Gasteiger partial charge in [0, 0.05) is 18.3 Å². The Morgan fingerprint density at radius 1 is 1.28 bits per heavy atom. The molecule has 4 nitrogen and oxygen atoms in total. The normalized spacial score (nSPS) is 10.7. The summed E-state index contributed by atoms with van der Waals surface area (Å²) in [5.74, 6) is -0.368. The van der Waals surface area contributed by atoms with E-state index in [1.807, 2.05) is 0 Å². The third kappa shape index (κ3) is 2.09. The molecular weight excluding hydrogens is 275 g/mol. The van der Waals surface area contributed by atoms with Crippen LogP contribution in [0.2, 0.25) is 10.0 Å². The summed E-state index contributed by atoms with van der Waals surface area (Å²) in [6, 6.07) is 4.53. The van der Waals surface area contributed by atoms with Crippen molar-refractivity contribution in [1.29, 1.82) is 0 Å². The number of benzene rings is 1. The zero-order valence-corrected chi connectivity index (χ0v) is 11.3. The van der Waals surface area contributed by atoms with Crippen molar-refractivity contribution in [3.8, 4) is 0 Å². The SMILES string of the molecule is Cc1[nH]n(C)c(=O)c1C(=O)c1ccc(Cl)c(Cl)c1. The summed E-state index contributed by atoms with van der Waals surface area (Å²) in [6.07, 6.45) is 0. The van der Waals surface area contributed by atoms with E-state index in [4.69, 9.17) is 23.2 Å². The lowest BCUT2D eigenvalue weighted by atomic mass is 10.0. The van der Waals surface area contributed by atoms with Crippen LogP contribution in [0.5, 0.6) is 0 Å². The van der Waals surface area contributed by atoms with Gasteiger partial charge in [-0.25, -0.2) is 0 Å². The third-order valence-corrected chi connectivity index (χ3v) is 3.38. The smallest absolute Gasteiger partial charge is 0.277 e. The molecule has 0 unspecified atom stereocenters. The Hall–Kier alpha value is -1.52. The summed E-state index contributed by atoms with van der Waals surface area (Å²) in [5, 5.41) is 3.43. The van der Waals surface area contributed by atoms with Crippen LogP contribution in [0.1, 0.15) is 21.6 Å². The summed E-state index contributed by atoms with van der Waals surface area (Å²) in [6.45, 7) is 1.67. The zero-order valence-electron chi connectivity index (χ0n) is 9.75. The van der Waals surface area contributed by atoms with Crippen LogP contribution in [0.3, 0.4) is 0 Å². The first kappa shape index (κ1) is 12.9. The highest BCUT2D eigenvalue weighted by molar-refractivity contribution is 6.42. The monoisotopic (exact) mass is 284 g/mol. The minimum atomic E-state index is -0.368. The topological polar surface area (TPSA) is 54.9 Å². The predicted molar refractivity (Wildman–Crippen MR) is 70.7 cm³/mol. The molecule has 0 radical (unpaired) electrons. The fraction of sp³-hybridized carbons (Fsp3) is 0.167. The van der Waals surface area contributed by atoms with Gasteiger partial charge in [0.2, 0.25) is 5.78 Å².